The molecule has 0 atom stereocenters. The SMILES string of the molecule is O=C(CSCc1ccccc1Cl)NNC(=O)c1ccco1. The molecule has 2 aromatic rings. The van der Waals surface area contributed by atoms with Crippen molar-refractivity contribution in [2.75, 3.05) is 5.75 Å². The first-order valence-corrected chi connectivity index (χ1v) is 7.64. The van der Waals surface area contributed by atoms with E-state index in [1.807, 2.05) is 18.2 Å². The Balaban J connectivity index is 1.68. The predicted octanol–water partition coefficient (Wildman–Crippen LogP) is 2.63. The normalized spacial score (nSPS) is 10.1. The van der Waals surface area contributed by atoms with Crippen molar-refractivity contribution in [2.24, 2.45) is 0 Å². The third-order valence-corrected chi connectivity index (χ3v) is 3.86. The second kappa shape index (κ2) is 7.75. The Labute approximate surface area is 131 Å². The van der Waals surface area contributed by atoms with Crippen molar-refractivity contribution < 1.29 is 14.0 Å². The summed E-state index contributed by atoms with van der Waals surface area (Å²) >= 11 is 7.42. The van der Waals surface area contributed by atoms with Crippen LogP contribution in [0.3, 0.4) is 0 Å². The van der Waals surface area contributed by atoms with Gasteiger partial charge in [-0.25, -0.2) is 0 Å². The van der Waals surface area contributed by atoms with E-state index in [2.05, 4.69) is 10.9 Å². The zero-order valence-electron chi connectivity index (χ0n) is 11.0. The molecule has 0 aliphatic heterocycles. The number of halogens is 1. The highest BCUT2D eigenvalue weighted by molar-refractivity contribution is 7.99. The number of carbonyl (C=O) groups is 2. The topological polar surface area (TPSA) is 71.3 Å². The summed E-state index contributed by atoms with van der Waals surface area (Å²) in [6.07, 6.45) is 1.39. The lowest BCUT2D eigenvalue weighted by Gasteiger charge is -2.06. The van der Waals surface area contributed by atoms with Crippen molar-refractivity contribution in [1.82, 2.24) is 10.9 Å². The average Bonchev–Trinajstić information content (AvgIpc) is 3.01. The molecule has 1 heterocycles. The second-order valence-corrected chi connectivity index (χ2v) is 5.46. The third-order valence-electron chi connectivity index (χ3n) is 2.51. The van der Waals surface area contributed by atoms with E-state index in [9.17, 15) is 9.59 Å². The van der Waals surface area contributed by atoms with Gasteiger partial charge in [0.1, 0.15) is 0 Å². The number of rotatable bonds is 5. The maximum absolute atomic E-state index is 11.6. The zero-order chi connectivity index (χ0) is 15.1. The molecule has 2 N–H and O–H groups in total. The van der Waals surface area contributed by atoms with Crippen LogP contribution in [0.4, 0.5) is 0 Å². The molecular formula is C14H13ClN2O3S. The van der Waals surface area contributed by atoms with Crippen LogP contribution in [0.15, 0.2) is 47.1 Å². The van der Waals surface area contributed by atoms with Gasteiger partial charge < -0.3 is 4.42 Å². The van der Waals surface area contributed by atoms with Crippen LogP contribution in [-0.2, 0) is 10.5 Å². The third kappa shape index (κ3) is 4.84. The molecule has 1 aromatic heterocycles. The van der Waals surface area contributed by atoms with E-state index in [0.29, 0.717) is 10.8 Å². The fourth-order valence-electron chi connectivity index (χ4n) is 1.50. The second-order valence-electron chi connectivity index (χ2n) is 4.06. The molecule has 5 nitrogen and oxygen atoms in total. The number of amides is 2. The molecule has 0 spiro atoms. The molecule has 0 aliphatic carbocycles. The molecule has 2 rings (SSSR count). The molecule has 0 fully saturated rings. The van der Waals surface area contributed by atoms with E-state index in [1.54, 1.807) is 12.1 Å². The summed E-state index contributed by atoms with van der Waals surface area (Å²) in [5.41, 5.74) is 5.56. The Hall–Kier alpha value is -1.92. The van der Waals surface area contributed by atoms with Crippen LogP contribution in [-0.4, -0.2) is 17.6 Å². The number of thioether (sulfide) groups is 1. The van der Waals surface area contributed by atoms with Crippen LogP contribution in [0.1, 0.15) is 16.1 Å². The maximum atomic E-state index is 11.6. The van der Waals surface area contributed by atoms with E-state index in [-0.39, 0.29) is 17.4 Å². The summed E-state index contributed by atoms with van der Waals surface area (Å²) in [4.78, 5) is 23.1. The summed E-state index contributed by atoms with van der Waals surface area (Å²) < 4.78 is 4.90. The first kappa shape index (κ1) is 15.5. The first-order valence-electron chi connectivity index (χ1n) is 6.10. The standard InChI is InChI=1S/C14H13ClN2O3S/c15-11-5-2-1-4-10(11)8-21-9-13(18)16-17-14(19)12-6-3-7-20-12/h1-7H,8-9H2,(H,16,18)(H,17,19). The highest BCUT2D eigenvalue weighted by Gasteiger charge is 2.09. The van der Waals surface area contributed by atoms with Gasteiger partial charge in [-0.1, -0.05) is 29.8 Å². The predicted molar refractivity (Wildman–Crippen MR) is 81.9 cm³/mol. The lowest BCUT2D eigenvalue weighted by Crippen LogP contribution is -2.42. The van der Waals surface area contributed by atoms with Gasteiger partial charge in [-0.3, -0.25) is 20.4 Å². The minimum absolute atomic E-state index is 0.138. The quantitative estimate of drug-likeness (QED) is 0.829. The summed E-state index contributed by atoms with van der Waals surface area (Å²) in [5.74, 6) is 0.179. The van der Waals surface area contributed by atoms with E-state index < -0.39 is 5.91 Å². The fraction of sp³-hybridized carbons (Fsp3) is 0.143. The highest BCUT2D eigenvalue weighted by Crippen LogP contribution is 2.20. The molecule has 0 bridgehead atoms. The molecule has 0 saturated heterocycles. The van der Waals surface area contributed by atoms with Crippen molar-refractivity contribution in [3.05, 3.63) is 59.0 Å². The van der Waals surface area contributed by atoms with Gasteiger partial charge in [0.25, 0.3) is 0 Å². The number of benzene rings is 1. The van der Waals surface area contributed by atoms with Crippen LogP contribution < -0.4 is 10.9 Å². The molecule has 2 amide bonds. The Morgan fingerprint density at radius 3 is 2.67 bits per heavy atom. The molecule has 1 aromatic carbocycles. The van der Waals surface area contributed by atoms with Gasteiger partial charge >= 0.3 is 5.91 Å². The smallest absolute Gasteiger partial charge is 0.305 e. The summed E-state index contributed by atoms with van der Waals surface area (Å²) in [6.45, 7) is 0. The van der Waals surface area contributed by atoms with E-state index in [4.69, 9.17) is 16.0 Å². The van der Waals surface area contributed by atoms with Crippen molar-refractivity contribution in [2.45, 2.75) is 5.75 Å². The Morgan fingerprint density at radius 2 is 1.95 bits per heavy atom. The van der Waals surface area contributed by atoms with E-state index in [0.717, 1.165) is 5.56 Å². The highest BCUT2D eigenvalue weighted by atomic mass is 35.5. The van der Waals surface area contributed by atoms with Gasteiger partial charge in [-0.15, -0.1) is 11.8 Å². The number of hydrogen-bond donors (Lipinski definition) is 2. The number of hydrogen-bond acceptors (Lipinski definition) is 4. The van der Waals surface area contributed by atoms with Gasteiger partial charge in [0.2, 0.25) is 5.91 Å². The fourth-order valence-corrected chi connectivity index (χ4v) is 2.61. The zero-order valence-corrected chi connectivity index (χ0v) is 12.5. The molecule has 0 unspecified atom stereocenters. The summed E-state index contributed by atoms with van der Waals surface area (Å²) in [7, 11) is 0. The average molecular weight is 325 g/mol. The van der Waals surface area contributed by atoms with Crippen LogP contribution in [0.5, 0.6) is 0 Å². The molecule has 21 heavy (non-hydrogen) atoms. The molecular weight excluding hydrogens is 312 g/mol. The number of hydrazine groups is 1. The van der Waals surface area contributed by atoms with Crippen molar-refractivity contribution in [3.8, 4) is 0 Å². The molecule has 0 radical (unpaired) electrons. The Kier molecular flexibility index (Phi) is 5.71. The molecule has 0 aliphatic rings. The van der Waals surface area contributed by atoms with Gasteiger partial charge in [0.15, 0.2) is 5.76 Å². The van der Waals surface area contributed by atoms with Gasteiger partial charge in [0, 0.05) is 10.8 Å². The molecule has 0 saturated carbocycles. The number of nitrogens with one attached hydrogen (secondary N) is 2. The van der Waals surface area contributed by atoms with Crippen molar-refractivity contribution in [3.63, 3.8) is 0 Å². The van der Waals surface area contributed by atoms with E-state index >= 15 is 0 Å². The van der Waals surface area contributed by atoms with Crippen LogP contribution in [0.2, 0.25) is 5.02 Å². The van der Waals surface area contributed by atoms with E-state index in [1.165, 1.54) is 24.1 Å². The van der Waals surface area contributed by atoms with Gasteiger partial charge in [-0.05, 0) is 23.8 Å². The largest absolute Gasteiger partial charge is 0.459 e. The van der Waals surface area contributed by atoms with Crippen molar-refractivity contribution in [1.29, 1.82) is 0 Å². The molecule has 7 heteroatoms. The minimum Gasteiger partial charge on any atom is -0.459 e. The van der Waals surface area contributed by atoms with Gasteiger partial charge in [0.05, 0.1) is 12.0 Å². The van der Waals surface area contributed by atoms with Crippen molar-refractivity contribution >= 4 is 35.2 Å². The van der Waals surface area contributed by atoms with Crippen LogP contribution in [0.25, 0.3) is 0 Å². The first-order chi connectivity index (χ1) is 10.2. The minimum atomic E-state index is -0.496. The Morgan fingerprint density at radius 1 is 1.14 bits per heavy atom. The monoisotopic (exact) mass is 324 g/mol. The Bertz CT molecular complexity index is 616. The summed E-state index contributed by atoms with van der Waals surface area (Å²) in [6, 6.07) is 10.6. The van der Waals surface area contributed by atoms with Crippen LogP contribution >= 0.6 is 23.4 Å². The number of furan rings is 1. The van der Waals surface area contributed by atoms with Gasteiger partial charge in [-0.2, -0.15) is 0 Å². The van der Waals surface area contributed by atoms with Crippen LogP contribution in [0, 0.1) is 0 Å². The maximum Gasteiger partial charge on any atom is 0.305 e. The lowest BCUT2D eigenvalue weighted by molar-refractivity contribution is -0.119. The molecule has 110 valence electrons. The number of carbonyl (C=O) groups excluding carboxylic acids is 2. The lowest BCUT2D eigenvalue weighted by atomic mass is 10.2. The summed E-state index contributed by atoms with van der Waals surface area (Å²) in [5, 5.41) is 0.677.